The van der Waals surface area contributed by atoms with E-state index in [1.165, 1.54) is 37.9 Å². The highest BCUT2D eigenvalue weighted by Crippen LogP contribution is 2.23. The molecule has 11 heavy (non-hydrogen) atoms. The standard InChI is InChI=1S/C9H19S.HI/c1-3-10(2)9-7-5-4-6-8-9;/h9H,3-8H2,1-2H3;1H/q+1;/p-1. The van der Waals surface area contributed by atoms with Crippen molar-refractivity contribution in [3.05, 3.63) is 0 Å². The highest BCUT2D eigenvalue weighted by Gasteiger charge is 2.25. The molecule has 1 aliphatic carbocycles. The minimum atomic E-state index is 0. The van der Waals surface area contributed by atoms with Gasteiger partial charge in [-0.15, -0.1) is 0 Å². The van der Waals surface area contributed by atoms with Gasteiger partial charge in [-0.05, 0) is 43.5 Å². The van der Waals surface area contributed by atoms with Crippen LogP contribution in [0.3, 0.4) is 0 Å². The van der Waals surface area contributed by atoms with Crippen LogP contribution in [0.2, 0.25) is 0 Å². The van der Waals surface area contributed by atoms with Crippen LogP contribution in [-0.4, -0.2) is 17.3 Å². The second-order valence-electron chi connectivity index (χ2n) is 3.24. The Bertz CT molecular complexity index is 89.6. The van der Waals surface area contributed by atoms with E-state index in [4.69, 9.17) is 0 Å². The molecule has 0 aromatic carbocycles. The first-order valence-electron chi connectivity index (χ1n) is 4.46. The Morgan fingerprint density at radius 3 is 2.18 bits per heavy atom. The van der Waals surface area contributed by atoms with E-state index >= 15 is 0 Å². The van der Waals surface area contributed by atoms with Crippen molar-refractivity contribution in [1.29, 1.82) is 0 Å². The van der Waals surface area contributed by atoms with Gasteiger partial charge in [-0.25, -0.2) is 0 Å². The molecular formula is C9H19IS. The monoisotopic (exact) mass is 286 g/mol. The fraction of sp³-hybridized carbons (Fsp3) is 1.00. The summed E-state index contributed by atoms with van der Waals surface area (Å²) in [5.74, 6) is 1.41. The summed E-state index contributed by atoms with van der Waals surface area (Å²) in [6.07, 6.45) is 9.98. The van der Waals surface area contributed by atoms with E-state index in [0.29, 0.717) is 0 Å². The summed E-state index contributed by atoms with van der Waals surface area (Å²) < 4.78 is 0. The molecule has 1 atom stereocenters. The summed E-state index contributed by atoms with van der Waals surface area (Å²) in [6, 6.07) is 0. The normalized spacial score (nSPS) is 22.4. The van der Waals surface area contributed by atoms with Crippen molar-refractivity contribution >= 4 is 10.9 Å². The van der Waals surface area contributed by atoms with Gasteiger partial charge in [-0.2, -0.15) is 0 Å². The molecule has 1 rings (SSSR count). The average Bonchev–Trinajstić information content (AvgIpc) is 2.05. The van der Waals surface area contributed by atoms with E-state index in [1.807, 2.05) is 0 Å². The molecule has 2 heteroatoms. The third-order valence-electron chi connectivity index (χ3n) is 2.58. The fourth-order valence-electron chi connectivity index (χ4n) is 1.70. The Labute approximate surface area is 90.9 Å². The predicted molar refractivity (Wildman–Crippen MR) is 50.7 cm³/mol. The predicted octanol–water partition coefficient (Wildman–Crippen LogP) is -0.409. The highest BCUT2D eigenvalue weighted by atomic mass is 127. The average molecular weight is 286 g/mol. The largest absolute Gasteiger partial charge is 1.00 e. The molecule has 0 N–H and O–H groups in total. The van der Waals surface area contributed by atoms with E-state index in [0.717, 1.165) is 16.1 Å². The quantitative estimate of drug-likeness (QED) is 0.478. The van der Waals surface area contributed by atoms with Crippen LogP contribution in [-0.2, 0) is 10.9 Å². The summed E-state index contributed by atoms with van der Waals surface area (Å²) in [5, 5.41) is 1.10. The van der Waals surface area contributed by atoms with Crippen molar-refractivity contribution in [2.75, 3.05) is 12.0 Å². The van der Waals surface area contributed by atoms with Crippen LogP contribution in [0.1, 0.15) is 39.0 Å². The lowest BCUT2D eigenvalue weighted by Gasteiger charge is -2.19. The molecule has 0 spiro atoms. The molecular weight excluding hydrogens is 267 g/mol. The van der Waals surface area contributed by atoms with Crippen LogP contribution in [0.5, 0.6) is 0 Å². The number of hydrogen-bond acceptors (Lipinski definition) is 0. The van der Waals surface area contributed by atoms with Crippen molar-refractivity contribution in [1.82, 2.24) is 0 Å². The topological polar surface area (TPSA) is 0 Å². The Hall–Kier alpha value is 1.08. The Morgan fingerprint density at radius 2 is 1.73 bits per heavy atom. The minimum Gasteiger partial charge on any atom is -1.00 e. The van der Waals surface area contributed by atoms with Gasteiger partial charge in [0.05, 0.1) is 6.26 Å². The molecule has 0 bridgehead atoms. The van der Waals surface area contributed by atoms with Crippen LogP contribution in [0.15, 0.2) is 0 Å². The van der Waals surface area contributed by atoms with E-state index in [2.05, 4.69) is 13.2 Å². The molecule has 1 aliphatic rings. The summed E-state index contributed by atoms with van der Waals surface area (Å²) >= 11 is 0. The molecule has 0 radical (unpaired) electrons. The van der Waals surface area contributed by atoms with Crippen molar-refractivity contribution in [3.8, 4) is 0 Å². The molecule has 68 valence electrons. The maximum atomic E-state index is 2.44. The zero-order valence-corrected chi connectivity index (χ0v) is 10.6. The van der Waals surface area contributed by atoms with E-state index in [-0.39, 0.29) is 24.0 Å². The summed E-state index contributed by atoms with van der Waals surface area (Å²) in [6.45, 7) is 2.33. The lowest BCUT2D eigenvalue weighted by molar-refractivity contribution is -0.00000224. The van der Waals surface area contributed by atoms with Crippen LogP contribution in [0, 0.1) is 0 Å². The second kappa shape index (κ2) is 6.58. The first kappa shape index (κ1) is 12.1. The van der Waals surface area contributed by atoms with Gasteiger partial charge in [-0.1, -0.05) is 6.42 Å². The fourth-order valence-corrected chi connectivity index (χ4v) is 3.31. The molecule has 0 amide bonds. The SMILES string of the molecule is CC[S+](C)C1CCCCC1.[I-]. The van der Waals surface area contributed by atoms with Gasteiger partial charge in [0.2, 0.25) is 0 Å². The molecule has 1 saturated carbocycles. The molecule has 1 fully saturated rings. The van der Waals surface area contributed by atoms with Crippen molar-refractivity contribution < 1.29 is 24.0 Å². The number of halogens is 1. The summed E-state index contributed by atoms with van der Waals surface area (Å²) in [4.78, 5) is 0. The smallest absolute Gasteiger partial charge is 0.118 e. The Balaban J connectivity index is 0.000001000. The van der Waals surface area contributed by atoms with Crippen molar-refractivity contribution in [2.24, 2.45) is 0 Å². The minimum absolute atomic E-state index is 0. The molecule has 1 unspecified atom stereocenters. The van der Waals surface area contributed by atoms with E-state index < -0.39 is 0 Å². The maximum Gasteiger partial charge on any atom is 0.118 e. The van der Waals surface area contributed by atoms with Gasteiger partial charge in [-0.3, -0.25) is 0 Å². The van der Waals surface area contributed by atoms with Crippen LogP contribution >= 0.6 is 0 Å². The molecule has 0 aromatic rings. The lowest BCUT2D eigenvalue weighted by Crippen LogP contribution is -3.00. The first-order chi connectivity index (χ1) is 4.84. The highest BCUT2D eigenvalue weighted by molar-refractivity contribution is 7.96. The van der Waals surface area contributed by atoms with E-state index in [1.54, 1.807) is 0 Å². The first-order valence-corrected chi connectivity index (χ1v) is 6.32. The van der Waals surface area contributed by atoms with Crippen LogP contribution < -0.4 is 24.0 Å². The van der Waals surface area contributed by atoms with Gasteiger partial charge in [0, 0.05) is 0 Å². The molecule has 0 aromatic heterocycles. The van der Waals surface area contributed by atoms with E-state index in [9.17, 15) is 0 Å². The lowest BCUT2D eigenvalue weighted by atomic mass is 10.0. The van der Waals surface area contributed by atoms with Gasteiger partial charge in [0.25, 0.3) is 0 Å². The molecule has 0 nitrogen and oxygen atoms in total. The van der Waals surface area contributed by atoms with Gasteiger partial charge < -0.3 is 24.0 Å². The summed E-state index contributed by atoms with van der Waals surface area (Å²) in [7, 11) is 0.737. The summed E-state index contributed by atoms with van der Waals surface area (Å²) in [5.41, 5.74) is 0. The maximum absolute atomic E-state index is 2.44. The number of hydrogen-bond donors (Lipinski definition) is 0. The van der Waals surface area contributed by atoms with Gasteiger partial charge in [0.1, 0.15) is 11.0 Å². The zero-order valence-electron chi connectivity index (χ0n) is 7.61. The molecule has 0 heterocycles. The Kier molecular flexibility index (Phi) is 7.23. The van der Waals surface area contributed by atoms with Gasteiger partial charge >= 0.3 is 0 Å². The second-order valence-corrected chi connectivity index (χ2v) is 5.87. The molecule has 0 aliphatic heterocycles. The number of rotatable bonds is 2. The van der Waals surface area contributed by atoms with Crippen LogP contribution in [0.4, 0.5) is 0 Å². The van der Waals surface area contributed by atoms with Crippen molar-refractivity contribution in [2.45, 2.75) is 44.3 Å². The zero-order chi connectivity index (χ0) is 7.40. The third kappa shape index (κ3) is 4.02. The Morgan fingerprint density at radius 1 is 1.18 bits per heavy atom. The van der Waals surface area contributed by atoms with Gasteiger partial charge in [0.15, 0.2) is 0 Å². The third-order valence-corrected chi connectivity index (χ3v) is 5.10. The van der Waals surface area contributed by atoms with Crippen molar-refractivity contribution in [3.63, 3.8) is 0 Å². The molecule has 0 saturated heterocycles. The van der Waals surface area contributed by atoms with Crippen LogP contribution in [0.25, 0.3) is 0 Å².